The van der Waals surface area contributed by atoms with Crippen LogP contribution in [0.15, 0.2) is 42.5 Å². The van der Waals surface area contributed by atoms with E-state index in [0.717, 1.165) is 43.7 Å². The van der Waals surface area contributed by atoms with Crippen LogP contribution in [0.3, 0.4) is 0 Å². The monoisotopic (exact) mass is 470 g/mol. The van der Waals surface area contributed by atoms with Crippen molar-refractivity contribution in [2.45, 2.75) is 74.7 Å². The maximum absolute atomic E-state index is 13.7. The number of amides is 1. The Morgan fingerprint density at radius 2 is 1.94 bits per heavy atom. The van der Waals surface area contributed by atoms with Gasteiger partial charge in [-0.15, -0.1) is 0 Å². The van der Waals surface area contributed by atoms with E-state index in [2.05, 4.69) is 28.9 Å². The number of carbonyl (C=O) groups excluding carboxylic acids is 1. The van der Waals surface area contributed by atoms with Crippen LogP contribution in [0.2, 0.25) is 0 Å². The molecule has 2 aromatic carbocycles. The molecule has 182 valence electrons. The molecule has 1 amide bonds. The molecule has 3 aliphatic carbocycles. The normalized spacial score (nSPS) is 38.8. The molecule has 0 aromatic heterocycles. The van der Waals surface area contributed by atoms with E-state index in [1.54, 1.807) is 0 Å². The Kier molecular flexibility index (Phi) is 4.09. The summed E-state index contributed by atoms with van der Waals surface area (Å²) in [5.74, 6) is 1.67. The molecule has 6 atom stereocenters. The number of likely N-dealkylation sites (tertiary alicyclic amines) is 2. The summed E-state index contributed by atoms with van der Waals surface area (Å²) < 4.78 is 7.27. The van der Waals surface area contributed by atoms with Crippen LogP contribution < -0.4 is 0 Å². The van der Waals surface area contributed by atoms with Gasteiger partial charge in [0.1, 0.15) is 5.75 Å². The minimum atomic E-state index is -0.189. The van der Waals surface area contributed by atoms with Crippen LogP contribution in [-0.4, -0.2) is 64.2 Å². The molecule has 0 spiro atoms. The van der Waals surface area contributed by atoms with Crippen LogP contribution in [0, 0.1) is 18.8 Å². The van der Waals surface area contributed by atoms with Crippen molar-refractivity contribution < 1.29 is 14.6 Å². The van der Waals surface area contributed by atoms with Crippen LogP contribution in [-0.2, 0) is 16.6 Å². The smallest absolute Gasteiger partial charge is 0.254 e. The number of carbonyl (C=O) groups is 1. The molecule has 5 fully saturated rings. The first kappa shape index (κ1) is 20.8. The van der Waals surface area contributed by atoms with Crippen LogP contribution >= 0.6 is 0 Å². The lowest BCUT2D eigenvalue weighted by Crippen LogP contribution is -2.74. The molecule has 1 N–H and O–H groups in total. The molecule has 6 aliphatic rings. The van der Waals surface area contributed by atoms with Crippen LogP contribution in [0.5, 0.6) is 5.75 Å². The number of phenols is 1. The third-order valence-electron chi connectivity index (χ3n) is 10.6. The zero-order chi connectivity index (χ0) is 23.5. The molecule has 5 nitrogen and oxygen atoms in total. The molecule has 35 heavy (non-hydrogen) atoms. The highest BCUT2D eigenvalue weighted by molar-refractivity contribution is 5.95. The van der Waals surface area contributed by atoms with E-state index in [-0.39, 0.29) is 29.1 Å². The Morgan fingerprint density at radius 3 is 2.74 bits per heavy atom. The van der Waals surface area contributed by atoms with Gasteiger partial charge in [0, 0.05) is 42.1 Å². The molecule has 0 unspecified atom stereocenters. The van der Waals surface area contributed by atoms with Crippen molar-refractivity contribution in [2.75, 3.05) is 19.6 Å². The predicted molar refractivity (Wildman–Crippen MR) is 133 cm³/mol. The standard InChI is InChI=1S/C30H34N2O3/c1-18-2-6-20(7-3-18)28(34)32-17-25-27-24(32)10-11-30(35-25)26-14-21-8-9-22(33)15-23(21)29(27,30)12-13-31(26)16-19-4-5-19/h2-3,6-9,15,19,24-27,33H,4-5,10-14,16-17H2,1H3/t24-,25-,26-,27+,29+,30-/m1/s1. The van der Waals surface area contributed by atoms with Gasteiger partial charge in [-0.05, 0) is 93.3 Å². The summed E-state index contributed by atoms with van der Waals surface area (Å²) in [6.45, 7) is 5.05. The molecule has 3 saturated heterocycles. The van der Waals surface area contributed by atoms with Crippen molar-refractivity contribution in [3.05, 3.63) is 64.7 Å². The molecule has 8 rings (SSSR count). The highest BCUT2D eigenvalue weighted by atomic mass is 16.5. The Hall–Kier alpha value is -2.37. The molecular formula is C30H34N2O3. The summed E-state index contributed by atoms with van der Waals surface area (Å²) >= 11 is 0. The van der Waals surface area contributed by atoms with Gasteiger partial charge in [-0.2, -0.15) is 0 Å². The quantitative estimate of drug-likeness (QED) is 0.735. The van der Waals surface area contributed by atoms with Gasteiger partial charge in [0.25, 0.3) is 5.91 Å². The number of aromatic hydroxyl groups is 1. The minimum Gasteiger partial charge on any atom is -0.508 e. The lowest BCUT2D eigenvalue weighted by molar-refractivity contribution is -0.171. The van der Waals surface area contributed by atoms with Crippen LogP contribution in [0.1, 0.15) is 59.2 Å². The Balaban J connectivity index is 1.23. The second-order valence-electron chi connectivity index (χ2n) is 12.2. The van der Waals surface area contributed by atoms with E-state index in [4.69, 9.17) is 4.74 Å². The summed E-state index contributed by atoms with van der Waals surface area (Å²) in [4.78, 5) is 18.6. The fraction of sp³-hybridized carbons (Fsp3) is 0.567. The van der Waals surface area contributed by atoms with Gasteiger partial charge in [0.2, 0.25) is 0 Å². The zero-order valence-corrected chi connectivity index (χ0v) is 20.5. The van der Waals surface area contributed by atoms with Gasteiger partial charge in [-0.1, -0.05) is 23.8 Å². The number of nitrogens with zero attached hydrogens (tertiary/aromatic N) is 2. The SMILES string of the molecule is Cc1ccc(C(=O)N2C[C@H]3O[C@@]45CC[C@@H]2[C@@H]3[C@@]42CCN(CC3CC3)[C@@H]5Cc3ccc(O)cc32)cc1. The Morgan fingerprint density at radius 1 is 1.11 bits per heavy atom. The van der Waals surface area contributed by atoms with Gasteiger partial charge in [-0.25, -0.2) is 0 Å². The van der Waals surface area contributed by atoms with E-state index < -0.39 is 0 Å². The summed E-state index contributed by atoms with van der Waals surface area (Å²) in [5, 5.41) is 10.6. The maximum Gasteiger partial charge on any atom is 0.254 e. The number of fused-ring (bicyclic) bond motifs is 1. The molecule has 4 bridgehead atoms. The van der Waals surface area contributed by atoms with E-state index in [1.807, 2.05) is 30.3 Å². The molecule has 2 aromatic rings. The first-order valence-electron chi connectivity index (χ1n) is 13.6. The van der Waals surface area contributed by atoms with Crippen molar-refractivity contribution in [3.8, 4) is 5.75 Å². The van der Waals surface area contributed by atoms with E-state index >= 15 is 0 Å². The van der Waals surface area contributed by atoms with Gasteiger partial charge in [-0.3, -0.25) is 9.69 Å². The fourth-order valence-electron chi connectivity index (χ4n) is 9.12. The fourth-order valence-corrected chi connectivity index (χ4v) is 9.12. The van der Waals surface area contributed by atoms with Crippen molar-refractivity contribution >= 4 is 5.91 Å². The molecule has 5 heteroatoms. The van der Waals surface area contributed by atoms with Crippen molar-refractivity contribution in [3.63, 3.8) is 0 Å². The number of rotatable bonds is 3. The van der Waals surface area contributed by atoms with Gasteiger partial charge >= 0.3 is 0 Å². The van der Waals surface area contributed by atoms with Crippen molar-refractivity contribution in [2.24, 2.45) is 11.8 Å². The second kappa shape index (κ2) is 6.89. The van der Waals surface area contributed by atoms with Crippen molar-refractivity contribution in [1.29, 1.82) is 0 Å². The maximum atomic E-state index is 13.7. The average Bonchev–Trinajstić information content (AvgIpc) is 3.54. The Bertz CT molecular complexity index is 1220. The number of benzene rings is 2. The number of hydrogen-bond acceptors (Lipinski definition) is 4. The highest BCUT2D eigenvalue weighted by Crippen LogP contribution is 2.69. The van der Waals surface area contributed by atoms with E-state index in [9.17, 15) is 9.90 Å². The number of phenolic OH excluding ortho intramolecular Hbond substituents is 1. The third-order valence-corrected chi connectivity index (χ3v) is 10.6. The van der Waals surface area contributed by atoms with E-state index in [0.29, 0.717) is 24.3 Å². The molecule has 3 aliphatic heterocycles. The highest BCUT2D eigenvalue weighted by Gasteiger charge is 2.78. The first-order valence-corrected chi connectivity index (χ1v) is 13.6. The van der Waals surface area contributed by atoms with Gasteiger partial charge < -0.3 is 14.7 Å². The number of piperidine rings is 1. The average molecular weight is 471 g/mol. The number of aryl methyl sites for hydroxylation is 1. The number of ether oxygens (including phenoxy) is 1. The third kappa shape index (κ3) is 2.59. The minimum absolute atomic E-state index is 0.0774. The van der Waals surface area contributed by atoms with Gasteiger partial charge in [0.05, 0.1) is 11.7 Å². The number of hydrogen-bond donors (Lipinski definition) is 1. The topological polar surface area (TPSA) is 53.0 Å². The summed E-state index contributed by atoms with van der Waals surface area (Å²) in [6.07, 6.45) is 6.92. The molecule has 3 heterocycles. The van der Waals surface area contributed by atoms with Crippen LogP contribution in [0.4, 0.5) is 0 Å². The second-order valence-corrected chi connectivity index (χ2v) is 12.2. The molecule has 2 saturated carbocycles. The van der Waals surface area contributed by atoms with Crippen molar-refractivity contribution in [1.82, 2.24) is 9.80 Å². The zero-order valence-electron chi connectivity index (χ0n) is 20.5. The van der Waals surface area contributed by atoms with E-state index in [1.165, 1.54) is 36.1 Å². The summed E-state index contributed by atoms with van der Waals surface area (Å²) in [5.41, 5.74) is 4.36. The molecule has 0 radical (unpaired) electrons. The molecular weight excluding hydrogens is 436 g/mol. The predicted octanol–water partition coefficient (Wildman–Crippen LogP) is 4.05. The largest absolute Gasteiger partial charge is 0.508 e. The lowest BCUT2D eigenvalue weighted by Gasteiger charge is -2.64. The Labute approximate surface area is 207 Å². The van der Waals surface area contributed by atoms with Crippen LogP contribution in [0.25, 0.3) is 0 Å². The van der Waals surface area contributed by atoms with Gasteiger partial charge in [0.15, 0.2) is 0 Å². The summed E-state index contributed by atoms with van der Waals surface area (Å²) in [7, 11) is 0. The lowest BCUT2D eigenvalue weighted by atomic mass is 9.46. The first-order chi connectivity index (χ1) is 17.0. The summed E-state index contributed by atoms with van der Waals surface area (Å²) in [6, 6.07) is 14.7.